The zero-order chi connectivity index (χ0) is 14.4. The molecule has 0 fully saturated rings. The van der Waals surface area contributed by atoms with Gasteiger partial charge in [-0.05, 0) is 6.92 Å². The molecule has 0 spiro atoms. The topological polar surface area (TPSA) is 83.5 Å². The molecule has 0 rings (SSSR count). The van der Waals surface area contributed by atoms with Gasteiger partial charge in [0.15, 0.2) is 0 Å². The molecule has 0 saturated heterocycles. The van der Waals surface area contributed by atoms with E-state index in [0.717, 1.165) is 0 Å². The van der Waals surface area contributed by atoms with Gasteiger partial charge in [-0.1, -0.05) is 6.58 Å². The van der Waals surface area contributed by atoms with Crippen LogP contribution in [0.1, 0.15) is 13.3 Å². The monoisotopic (exact) mass is 302 g/mol. The van der Waals surface area contributed by atoms with E-state index in [0.29, 0.717) is 29.6 Å². The van der Waals surface area contributed by atoms with Crippen LogP contribution < -0.4 is 29.6 Å². The van der Waals surface area contributed by atoms with E-state index in [1.54, 1.807) is 6.92 Å². The minimum Gasteiger partial charge on any atom is -0.748 e. The molecule has 106 valence electrons. The molecule has 0 amide bonds. The molecule has 0 aliphatic rings. The van der Waals surface area contributed by atoms with Crippen LogP contribution in [-0.4, -0.2) is 63.0 Å². The number of hydrogen-bond donors (Lipinski definition) is 0. The fraction of sp³-hybridized carbons (Fsp3) is 0.727. The van der Waals surface area contributed by atoms with Gasteiger partial charge in [0, 0.05) is 17.7 Å². The Morgan fingerprint density at radius 1 is 1.32 bits per heavy atom. The van der Waals surface area contributed by atoms with Gasteiger partial charge in [-0.2, -0.15) is 0 Å². The summed E-state index contributed by atoms with van der Waals surface area (Å²) in [5.41, 5.74) is 0.345. The fourth-order valence-corrected chi connectivity index (χ4v) is 1.77. The molecule has 0 aliphatic heterocycles. The SMILES string of the molecule is C=C(C)C(=O)OCC[N+](C)(C)CCCS(=O)(=O)[O-].[Na+]. The van der Waals surface area contributed by atoms with Crippen molar-refractivity contribution in [1.82, 2.24) is 0 Å². The number of carbonyl (C=O) groups is 1. The minimum atomic E-state index is -4.15. The molecule has 0 radical (unpaired) electrons. The van der Waals surface area contributed by atoms with E-state index in [9.17, 15) is 17.8 Å². The zero-order valence-corrected chi connectivity index (χ0v) is 15.0. The Morgan fingerprint density at radius 3 is 2.26 bits per heavy atom. The van der Waals surface area contributed by atoms with Gasteiger partial charge < -0.3 is 13.8 Å². The molecular formula is C11H21NNaO5S+. The summed E-state index contributed by atoms with van der Waals surface area (Å²) in [5.74, 6) is -0.794. The van der Waals surface area contributed by atoms with Crippen molar-refractivity contribution in [2.24, 2.45) is 0 Å². The minimum absolute atomic E-state index is 0. The Labute approximate surface area is 137 Å². The fourth-order valence-electron chi connectivity index (χ4n) is 1.29. The van der Waals surface area contributed by atoms with Crippen molar-refractivity contribution >= 4 is 16.1 Å². The summed E-state index contributed by atoms with van der Waals surface area (Å²) >= 11 is 0. The predicted octanol–water partition coefficient (Wildman–Crippen LogP) is -2.88. The molecule has 0 N–H and O–H groups in total. The zero-order valence-electron chi connectivity index (χ0n) is 12.1. The van der Waals surface area contributed by atoms with Gasteiger partial charge in [0.05, 0.1) is 30.8 Å². The Balaban J connectivity index is 0. The molecule has 0 aromatic rings. The first kappa shape index (κ1) is 21.4. The predicted molar refractivity (Wildman–Crippen MR) is 66.8 cm³/mol. The van der Waals surface area contributed by atoms with Crippen molar-refractivity contribution < 1.29 is 56.5 Å². The standard InChI is InChI=1S/C11H21NO5S.Na/c1-10(2)11(13)17-8-7-12(3,4)6-5-9-18(14,15)16;/h1,5-9H2,2-4H3;/q;+1. The van der Waals surface area contributed by atoms with Crippen LogP contribution in [0.5, 0.6) is 0 Å². The first-order valence-corrected chi connectivity index (χ1v) is 7.19. The van der Waals surface area contributed by atoms with E-state index >= 15 is 0 Å². The number of carbonyl (C=O) groups excluding carboxylic acids is 1. The number of hydrogen-bond acceptors (Lipinski definition) is 5. The number of esters is 1. The molecule has 0 aromatic heterocycles. The first-order chi connectivity index (χ1) is 8.03. The Bertz CT molecular complexity index is 405. The maximum Gasteiger partial charge on any atom is 1.00 e. The average Bonchev–Trinajstić information content (AvgIpc) is 2.14. The van der Waals surface area contributed by atoms with Crippen LogP contribution in [0.3, 0.4) is 0 Å². The van der Waals surface area contributed by atoms with E-state index in [2.05, 4.69) is 6.58 Å². The summed E-state index contributed by atoms with van der Waals surface area (Å²) in [5, 5.41) is 0. The maximum absolute atomic E-state index is 11.1. The molecule has 6 nitrogen and oxygen atoms in total. The molecule has 19 heavy (non-hydrogen) atoms. The molecule has 0 bridgehead atoms. The van der Waals surface area contributed by atoms with Crippen LogP contribution in [0.25, 0.3) is 0 Å². The van der Waals surface area contributed by atoms with Crippen LogP contribution in [0.4, 0.5) is 0 Å². The number of rotatable bonds is 8. The summed E-state index contributed by atoms with van der Waals surface area (Å²) in [4.78, 5) is 11.1. The third-order valence-corrected chi connectivity index (χ3v) is 3.22. The molecule has 0 saturated carbocycles. The molecule has 8 heteroatoms. The van der Waals surface area contributed by atoms with Crippen LogP contribution in [0.15, 0.2) is 12.2 Å². The number of likely N-dealkylation sites (N-methyl/N-ethyl adjacent to an activating group) is 1. The van der Waals surface area contributed by atoms with Gasteiger partial charge in [-0.15, -0.1) is 0 Å². The van der Waals surface area contributed by atoms with Gasteiger partial charge in [0.1, 0.15) is 13.2 Å². The molecular weight excluding hydrogens is 281 g/mol. The number of nitrogens with zero attached hydrogens (tertiary/aromatic N) is 1. The van der Waals surface area contributed by atoms with Crippen molar-refractivity contribution in [3.8, 4) is 0 Å². The van der Waals surface area contributed by atoms with Crippen LogP contribution >= 0.6 is 0 Å². The molecule has 0 heterocycles. The van der Waals surface area contributed by atoms with Gasteiger partial charge in [-0.25, -0.2) is 13.2 Å². The van der Waals surface area contributed by atoms with Gasteiger partial charge in [-0.3, -0.25) is 0 Å². The molecule has 0 aliphatic carbocycles. The molecule has 0 atom stereocenters. The second-order valence-corrected chi connectivity index (χ2v) is 6.44. The van der Waals surface area contributed by atoms with Crippen LogP contribution in [0, 0.1) is 0 Å². The van der Waals surface area contributed by atoms with E-state index in [-0.39, 0.29) is 41.9 Å². The number of quaternary nitrogens is 1. The van der Waals surface area contributed by atoms with E-state index in [1.165, 1.54) is 0 Å². The second-order valence-electron chi connectivity index (χ2n) is 4.91. The average molecular weight is 302 g/mol. The van der Waals surface area contributed by atoms with Crippen LogP contribution in [0.2, 0.25) is 0 Å². The Hall–Kier alpha value is 0.0800. The van der Waals surface area contributed by atoms with Crippen molar-refractivity contribution in [3.63, 3.8) is 0 Å². The molecule has 0 aromatic carbocycles. The number of ether oxygens (including phenoxy) is 1. The summed E-state index contributed by atoms with van der Waals surface area (Å²) in [6.45, 7) is 6.36. The van der Waals surface area contributed by atoms with Crippen LogP contribution in [-0.2, 0) is 19.6 Å². The third kappa shape index (κ3) is 12.8. The summed E-state index contributed by atoms with van der Waals surface area (Å²) in [6, 6.07) is 0. The summed E-state index contributed by atoms with van der Waals surface area (Å²) in [6.07, 6.45) is 0.299. The van der Waals surface area contributed by atoms with E-state index < -0.39 is 16.1 Å². The Morgan fingerprint density at radius 2 is 1.84 bits per heavy atom. The van der Waals surface area contributed by atoms with Gasteiger partial charge in [0.25, 0.3) is 0 Å². The summed E-state index contributed by atoms with van der Waals surface area (Å²) in [7, 11) is -0.387. The van der Waals surface area contributed by atoms with Gasteiger partial charge in [0.2, 0.25) is 0 Å². The van der Waals surface area contributed by atoms with Crippen molar-refractivity contribution in [2.45, 2.75) is 13.3 Å². The van der Waals surface area contributed by atoms with Crippen molar-refractivity contribution in [1.29, 1.82) is 0 Å². The molecule has 0 unspecified atom stereocenters. The second kappa shape index (κ2) is 9.10. The van der Waals surface area contributed by atoms with Crippen molar-refractivity contribution in [2.75, 3.05) is 39.5 Å². The third-order valence-electron chi connectivity index (χ3n) is 2.44. The van der Waals surface area contributed by atoms with E-state index in [1.807, 2.05) is 14.1 Å². The largest absolute Gasteiger partial charge is 1.00 e. The van der Waals surface area contributed by atoms with E-state index in [4.69, 9.17) is 4.74 Å². The van der Waals surface area contributed by atoms with Crippen molar-refractivity contribution in [3.05, 3.63) is 12.2 Å². The van der Waals surface area contributed by atoms with Gasteiger partial charge >= 0.3 is 35.5 Å². The summed E-state index contributed by atoms with van der Waals surface area (Å²) < 4.78 is 36.8. The maximum atomic E-state index is 11.1. The normalized spacial score (nSPS) is 11.6. The Kier molecular flexibility index (Phi) is 10.2. The first-order valence-electron chi connectivity index (χ1n) is 5.62. The quantitative estimate of drug-likeness (QED) is 0.158. The smallest absolute Gasteiger partial charge is 0.748 e.